The van der Waals surface area contributed by atoms with Crippen LogP contribution in [-0.4, -0.2) is 87.5 Å². The van der Waals surface area contributed by atoms with Crippen molar-refractivity contribution in [3.05, 3.63) is 146 Å². The molecule has 1 heterocycles. The van der Waals surface area contributed by atoms with E-state index in [2.05, 4.69) is 153 Å². The molecule has 1 amide bonds. The smallest absolute Gasteiger partial charge is 0.220 e. The van der Waals surface area contributed by atoms with Crippen LogP contribution >= 0.6 is 0 Å². The van der Waals surface area contributed by atoms with E-state index >= 15 is 0 Å². The van der Waals surface area contributed by atoms with Gasteiger partial charge in [-0.2, -0.15) is 0 Å². The van der Waals surface area contributed by atoms with Crippen molar-refractivity contribution in [3.8, 4) is 0 Å². The average molecular weight is 1030 g/mol. The van der Waals surface area contributed by atoms with Crippen molar-refractivity contribution in [1.29, 1.82) is 0 Å². The van der Waals surface area contributed by atoms with Crippen molar-refractivity contribution >= 4 is 5.91 Å². The third-order valence-corrected chi connectivity index (χ3v) is 12.6. The monoisotopic (exact) mass is 1030 g/mol. The minimum absolute atomic E-state index is 0.228. The van der Waals surface area contributed by atoms with Gasteiger partial charge in [-0.1, -0.05) is 230 Å². The van der Waals surface area contributed by atoms with Crippen molar-refractivity contribution in [2.75, 3.05) is 13.2 Å². The quantitative estimate of drug-likeness (QED) is 0.0261. The Bertz CT molecular complexity index is 1660. The summed E-state index contributed by atoms with van der Waals surface area (Å²) in [4.78, 5) is 13.0. The number of ether oxygens (including phenoxy) is 2. The first-order valence-electron chi connectivity index (χ1n) is 29.1. The third kappa shape index (κ3) is 41.3. The predicted molar refractivity (Wildman–Crippen MR) is 313 cm³/mol. The van der Waals surface area contributed by atoms with Gasteiger partial charge in [0.1, 0.15) is 24.4 Å². The van der Waals surface area contributed by atoms with Crippen LogP contribution in [0, 0.1) is 0 Å². The summed E-state index contributed by atoms with van der Waals surface area (Å²) >= 11 is 0. The molecule has 1 rings (SSSR count). The molecule has 0 aromatic rings. The third-order valence-electron chi connectivity index (χ3n) is 12.6. The lowest BCUT2D eigenvalue weighted by Gasteiger charge is -2.40. The maximum absolute atomic E-state index is 13.0. The molecule has 0 aromatic carbocycles. The molecule has 0 saturated carbocycles. The molecular weight excluding hydrogens is 923 g/mol. The van der Waals surface area contributed by atoms with Gasteiger partial charge in [-0.15, -0.1) is 0 Å². The van der Waals surface area contributed by atoms with E-state index in [0.29, 0.717) is 6.42 Å². The van der Waals surface area contributed by atoms with Crippen LogP contribution in [0.5, 0.6) is 0 Å². The zero-order chi connectivity index (χ0) is 53.6. The summed E-state index contributed by atoms with van der Waals surface area (Å²) in [7, 11) is 0. The molecule has 418 valence electrons. The minimum atomic E-state index is -1.59. The highest BCUT2D eigenvalue weighted by Gasteiger charge is 2.44. The molecule has 9 heteroatoms. The molecule has 6 N–H and O–H groups in total. The Morgan fingerprint density at radius 3 is 1.30 bits per heavy atom. The number of aliphatic hydroxyl groups excluding tert-OH is 5. The number of allylic oxidation sites excluding steroid dienone is 23. The van der Waals surface area contributed by atoms with Gasteiger partial charge < -0.3 is 40.3 Å². The highest BCUT2D eigenvalue weighted by atomic mass is 16.7. The van der Waals surface area contributed by atoms with Crippen LogP contribution in [0.3, 0.4) is 0 Å². The Kier molecular flexibility index (Phi) is 48.3. The standard InChI is InChI=1S/C65H105NO8/c1-3-5-7-9-11-13-15-17-19-21-23-24-25-26-27-28-29-30-31-32-33-34-35-36-37-39-41-43-45-47-49-51-53-55-61(69)66-58(57-73-65-64(72)63(71)62(70)60(56-67)74-65)59(68)54-52-50-48-46-44-42-40-38-22-20-18-16-14-12-10-8-6-4-2/h5,7,11,13,17,19,23-24,26-27,29-30,32-33,35-36,39,41,44-47,52,54,58-60,62-65,67-68,70-72H,3-4,6,8-10,12,14-16,18,20-22,25,28,31,34,37-38,40,42-43,48-51,53,55-57H2,1-2H3,(H,66,69)/b7-5-,13-11-,19-17-,24-23-,27-26-,30-29-,33-32-,36-35-,41-39-,46-44+,47-45-,54-52+. The van der Waals surface area contributed by atoms with Crippen LogP contribution in [0.4, 0.5) is 0 Å². The van der Waals surface area contributed by atoms with Crippen LogP contribution in [0.2, 0.25) is 0 Å². The first kappa shape index (κ1) is 68.1. The molecule has 74 heavy (non-hydrogen) atoms. The van der Waals surface area contributed by atoms with Gasteiger partial charge in [0.15, 0.2) is 6.29 Å². The van der Waals surface area contributed by atoms with Crippen molar-refractivity contribution in [2.45, 2.75) is 243 Å². The van der Waals surface area contributed by atoms with Crippen molar-refractivity contribution in [3.63, 3.8) is 0 Å². The fourth-order valence-electron chi connectivity index (χ4n) is 8.08. The SMILES string of the molecule is CC/C=C\C/C=C\C/C=C\C/C=C\C/C=C\C/C=C\C/C=C\C/C=C\C/C=C\C/C=C\CCCCC(=O)NC(COC1OC(CO)C(O)C(O)C1O)C(O)/C=C/CC/C=C/CCCCCCCCCCCCCC. The summed E-state index contributed by atoms with van der Waals surface area (Å²) in [5.41, 5.74) is 0. The van der Waals surface area contributed by atoms with Crippen LogP contribution < -0.4 is 5.32 Å². The van der Waals surface area contributed by atoms with E-state index in [-0.39, 0.29) is 18.9 Å². The van der Waals surface area contributed by atoms with Gasteiger partial charge in [0.25, 0.3) is 0 Å². The normalized spacial score (nSPS) is 20.1. The molecule has 1 aliphatic heterocycles. The molecule has 7 atom stereocenters. The van der Waals surface area contributed by atoms with E-state index in [0.717, 1.165) is 96.3 Å². The van der Waals surface area contributed by atoms with Gasteiger partial charge in [-0.3, -0.25) is 4.79 Å². The number of hydrogen-bond acceptors (Lipinski definition) is 8. The molecule has 7 unspecified atom stereocenters. The van der Waals surface area contributed by atoms with E-state index < -0.39 is 49.5 Å². The highest BCUT2D eigenvalue weighted by Crippen LogP contribution is 2.22. The number of unbranched alkanes of at least 4 members (excludes halogenated alkanes) is 15. The maximum Gasteiger partial charge on any atom is 0.220 e. The second kappa shape index (κ2) is 52.5. The Balaban J connectivity index is 2.30. The lowest BCUT2D eigenvalue weighted by Crippen LogP contribution is -2.60. The van der Waals surface area contributed by atoms with Gasteiger partial charge in [0.2, 0.25) is 5.91 Å². The molecule has 1 aliphatic rings. The molecule has 0 bridgehead atoms. The summed E-state index contributed by atoms with van der Waals surface area (Å²) in [6.07, 6.45) is 74.8. The van der Waals surface area contributed by atoms with Crippen LogP contribution in [0.15, 0.2) is 146 Å². The number of rotatable bonds is 47. The first-order chi connectivity index (χ1) is 36.3. The number of aliphatic hydroxyl groups is 5. The highest BCUT2D eigenvalue weighted by molar-refractivity contribution is 5.76. The van der Waals surface area contributed by atoms with Crippen molar-refractivity contribution < 1.29 is 39.8 Å². The van der Waals surface area contributed by atoms with Gasteiger partial charge in [0.05, 0.1) is 25.4 Å². The van der Waals surface area contributed by atoms with Gasteiger partial charge in [0, 0.05) is 6.42 Å². The molecule has 1 fully saturated rings. The van der Waals surface area contributed by atoms with Crippen LogP contribution in [-0.2, 0) is 14.3 Å². The number of hydrogen-bond donors (Lipinski definition) is 6. The second-order valence-corrected chi connectivity index (χ2v) is 19.3. The van der Waals surface area contributed by atoms with E-state index in [1.54, 1.807) is 6.08 Å². The predicted octanol–water partition coefficient (Wildman–Crippen LogP) is 14.7. The topological polar surface area (TPSA) is 149 Å². The molecule has 0 radical (unpaired) electrons. The molecule has 9 nitrogen and oxygen atoms in total. The Morgan fingerprint density at radius 1 is 0.473 bits per heavy atom. The Labute approximate surface area is 451 Å². The summed E-state index contributed by atoms with van der Waals surface area (Å²) in [6, 6.07) is -0.857. The number of carbonyl (C=O) groups is 1. The summed E-state index contributed by atoms with van der Waals surface area (Å²) in [5, 5.41) is 54.4. The fraction of sp³-hybridized carbons (Fsp3) is 0.615. The van der Waals surface area contributed by atoms with Crippen molar-refractivity contribution in [1.82, 2.24) is 5.32 Å². The Morgan fingerprint density at radius 2 is 0.851 bits per heavy atom. The second-order valence-electron chi connectivity index (χ2n) is 19.3. The van der Waals surface area contributed by atoms with E-state index in [4.69, 9.17) is 9.47 Å². The zero-order valence-corrected chi connectivity index (χ0v) is 46.3. The average Bonchev–Trinajstić information content (AvgIpc) is 3.40. The number of amides is 1. The largest absolute Gasteiger partial charge is 0.394 e. The molecular formula is C65H105NO8. The van der Waals surface area contributed by atoms with Crippen LogP contribution in [0.25, 0.3) is 0 Å². The molecule has 0 spiro atoms. The first-order valence-corrected chi connectivity index (χ1v) is 29.1. The van der Waals surface area contributed by atoms with E-state index in [1.807, 2.05) is 6.08 Å². The maximum atomic E-state index is 13.0. The number of nitrogens with one attached hydrogen (secondary N) is 1. The van der Waals surface area contributed by atoms with Gasteiger partial charge in [-0.25, -0.2) is 0 Å². The van der Waals surface area contributed by atoms with Crippen molar-refractivity contribution in [2.24, 2.45) is 0 Å². The molecule has 0 aliphatic carbocycles. The minimum Gasteiger partial charge on any atom is -0.394 e. The van der Waals surface area contributed by atoms with E-state index in [1.165, 1.54) is 77.0 Å². The lowest BCUT2D eigenvalue weighted by atomic mass is 9.99. The number of carbonyl (C=O) groups excluding carboxylic acids is 1. The fourth-order valence-corrected chi connectivity index (χ4v) is 8.08. The molecule has 0 aromatic heterocycles. The summed E-state index contributed by atoms with van der Waals surface area (Å²) in [6.45, 7) is 3.61. The van der Waals surface area contributed by atoms with E-state index in [9.17, 15) is 30.3 Å². The zero-order valence-electron chi connectivity index (χ0n) is 46.3. The van der Waals surface area contributed by atoms with Gasteiger partial charge in [-0.05, 0) is 109 Å². The van der Waals surface area contributed by atoms with Crippen LogP contribution in [0.1, 0.15) is 200 Å². The Hall–Kier alpha value is -3.93. The molecule has 1 saturated heterocycles. The summed E-state index contributed by atoms with van der Waals surface area (Å²) in [5.74, 6) is -0.235. The lowest BCUT2D eigenvalue weighted by molar-refractivity contribution is -0.302. The van der Waals surface area contributed by atoms with Gasteiger partial charge >= 0.3 is 0 Å². The summed E-state index contributed by atoms with van der Waals surface area (Å²) < 4.78 is 11.2.